The predicted molar refractivity (Wildman–Crippen MR) is 105 cm³/mol. The number of imidazole rings is 1. The number of halogens is 1. The molecule has 138 valence electrons. The number of ether oxygens (including phenoxy) is 1. The Bertz CT molecular complexity index is 882. The molecule has 0 N–H and O–H groups in total. The number of aromatic nitrogens is 3. The largest absolute Gasteiger partial charge is 0.482 e. The first-order valence-electron chi connectivity index (χ1n) is 7.98. The Balaban J connectivity index is 0.000000205. The number of rotatable bonds is 4. The molecule has 0 atom stereocenters. The molecule has 2 aromatic carbocycles. The summed E-state index contributed by atoms with van der Waals surface area (Å²) in [6, 6.07) is 21.2. The fourth-order valence-electron chi connectivity index (χ4n) is 2.12. The number of hydrogen-bond acceptors (Lipinski definition) is 5. The van der Waals surface area contributed by atoms with Crippen LogP contribution in [0.4, 0.5) is 0 Å². The van der Waals surface area contributed by atoms with Crippen molar-refractivity contribution in [3.63, 3.8) is 0 Å². The fraction of sp³-hybridized carbons (Fsp3) is 0.0500. The lowest BCUT2D eigenvalue weighted by atomic mass is 10.2. The second-order valence-corrected chi connectivity index (χ2v) is 5.18. The van der Waals surface area contributed by atoms with Crippen LogP contribution in [-0.4, -0.2) is 27.3 Å². The van der Waals surface area contributed by atoms with Crippen LogP contribution in [0.15, 0.2) is 91.6 Å². The van der Waals surface area contributed by atoms with Crippen molar-refractivity contribution in [2.24, 2.45) is 0 Å². The van der Waals surface area contributed by atoms with Gasteiger partial charge in [-0.05, 0) is 24.3 Å². The number of hydrogen-bond donors (Lipinski definition) is 0. The van der Waals surface area contributed by atoms with Crippen molar-refractivity contribution in [2.45, 2.75) is 0 Å². The Hall–Kier alpha value is -3.38. The summed E-state index contributed by atoms with van der Waals surface area (Å²) in [5.41, 5.74) is 1.06. The van der Waals surface area contributed by atoms with Crippen LogP contribution >= 0.6 is 12.4 Å². The first-order chi connectivity index (χ1) is 12.8. The molecule has 0 aliphatic heterocycles. The number of nitrogens with zero attached hydrogens (tertiary/aromatic N) is 3. The van der Waals surface area contributed by atoms with Crippen LogP contribution in [0.2, 0.25) is 0 Å². The molecule has 0 amide bonds. The summed E-state index contributed by atoms with van der Waals surface area (Å²) in [6.07, 6.45) is 6.24. The number of pyridine rings is 1. The molecule has 4 rings (SSSR count). The van der Waals surface area contributed by atoms with Gasteiger partial charge in [0.2, 0.25) is 0 Å². The van der Waals surface area contributed by atoms with E-state index in [2.05, 4.69) is 22.1 Å². The molecular formula is C20H18ClN3O3. The van der Waals surface area contributed by atoms with Crippen molar-refractivity contribution >= 4 is 29.3 Å². The SMILES string of the molecule is Cl.O=C(COc1ccccc1)On1ccnc1.c1ccc2ncccc2c1. The van der Waals surface area contributed by atoms with Gasteiger partial charge in [-0.1, -0.05) is 42.5 Å². The van der Waals surface area contributed by atoms with Gasteiger partial charge in [0.25, 0.3) is 0 Å². The maximum Gasteiger partial charge on any atom is 0.369 e. The van der Waals surface area contributed by atoms with E-state index in [1.807, 2.05) is 48.7 Å². The Morgan fingerprint density at radius 2 is 1.67 bits per heavy atom. The van der Waals surface area contributed by atoms with Gasteiger partial charge in [0, 0.05) is 17.8 Å². The van der Waals surface area contributed by atoms with Crippen LogP contribution in [0, 0.1) is 0 Å². The zero-order valence-corrected chi connectivity index (χ0v) is 15.2. The summed E-state index contributed by atoms with van der Waals surface area (Å²) in [4.78, 5) is 24.1. The summed E-state index contributed by atoms with van der Waals surface area (Å²) in [6.45, 7) is -0.137. The first-order valence-corrected chi connectivity index (χ1v) is 7.98. The molecule has 0 spiro atoms. The smallest absolute Gasteiger partial charge is 0.369 e. The molecule has 0 radical (unpaired) electrons. The van der Waals surface area contributed by atoms with Gasteiger partial charge < -0.3 is 9.57 Å². The summed E-state index contributed by atoms with van der Waals surface area (Å²) in [7, 11) is 0. The van der Waals surface area contributed by atoms with Crippen LogP contribution in [-0.2, 0) is 4.79 Å². The van der Waals surface area contributed by atoms with Crippen LogP contribution in [0.1, 0.15) is 0 Å². The van der Waals surface area contributed by atoms with Gasteiger partial charge in [-0.25, -0.2) is 9.78 Å². The summed E-state index contributed by atoms with van der Waals surface area (Å²) in [5, 5.41) is 1.20. The highest BCUT2D eigenvalue weighted by Crippen LogP contribution is 2.08. The van der Waals surface area contributed by atoms with Crippen LogP contribution in [0.25, 0.3) is 10.9 Å². The summed E-state index contributed by atoms with van der Waals surface area (Å²) >= 11 is 0. The molecule has 0 aliphatic rings. The highest BCUT2D eigenvalue weighted by molar-refractivity contribution is 5.85. The van der Waals surface area contributed by atoms with Gasteiger partial charge in [-0.3, -0.25) is 4.98 Å². The number of carbonyl (C=O) groups excluding carboxylic acids is 1. The molecule has 7 heteroatoms. The highest BCUT2D eigenvalue weighted by Gasteiger charge is 2.05. The minimum absolute atomic E-state index is 0. The van der Waals surface area contributed by atoms with Crippen LogP contribution < -0.4 is 9.57 Å². The molecule has 0 aliphatic carbocycles. The van der Waals surface area contributed by atoms with Crippen LogP contribution in [0.3, 0.4) is 0 Å². The predicted octanol–water partition coefficient (Wildman–Crippen LogP) is 3.57. The quantitative estimate of drug-likeness (QED) is 0.539. The van der Waals surface area contributed by atoms with E-state index in [0.717, 1.165) is 5.52 Å². The highest BCUT2D eigenvalue weighted by atomic mass is 35.5. The molecule has 2 heterocycles. The van der Waals surface area contributed by atoms with Gasteiger partial charge >= 0.3 is 5.97 Å². The zero-order chi connectivity index (χ0) is 18.0. The first kappa shape index (κ1) is 19.9. The Kier molecular flexibility index (Phi) is 7.81. The Morgan fingerprint density at radius 3 is 2.41 bits per heavy atom. The number of carbonyl (C=O) groups is 1. The van der Waals surface area contributed by atoms with Crippen molar-refractivity contribution in [3.05, 3.63) is 91.6 Å². The van der Waals surface area contributed by atoms with Crippen LogP contribution in [0.5, 0.6) is 5.75 Å². The lowest BCUT2D eigenvalue weighted by Crippen LogP contribution is -2.24. The van der Waals surface area contributed by atoms with E-state index in [0.29, 0.717) is 5.75 Å². The third-order valence-corrected chi connectivity index (χ3v) is 3.30. The standard InChI is InChI=1S/C11H10N2O3.C9H7N.ClH/c14-11(16-13-7-6-12-9-13)8-15-10-4-2-1-3-5-10;1-2-6-9-8(4-1)5-3-7-10-9;/h1-7,9H,8H2;1-7H;1H. The monoisotopic (exact) mass is 383 g/mol. The maximum absolute atomic E-state index is 11.3. The number of fused-ring (bicyclic) bond motifs is 1. The lowest BCUT2D eigenvalue weighted by Gasteiger charge is -2.05. The van der Waals surface area contributed by atoms with E-state index in [-0.39, 0.29) is 19.0 Å². The minimum Gasteiger partial charge on any atom is -0.482 e. The molecule has 4 aromatic rings. The van der Waals surface area contributed by atoms with Gasteiger partial charge in [-0.2, -0.15) is 4.73 Å². The topological polar surface area (TPSA) is 66.2 Å². The summed E-state index contributed by atoms with van der Waals surface area (Å²) in [5.74, 6) is 0.145. The van der Waals surface area contributed by atoms with E-state index in [9.17, 15) is 4.79 Å². The molecule has 0 fully saturated rings. The van der Waals surface area contributed by atoms with Crippen molar-refractivity contribution < 1.29 is 14.4 Å². The van der Waals surface area contributed by atoms with Gasteiger partial charge in [-0.15, -0.1) is 12.4 Å². The molecule has 2 aromatic heterocycles. The second kappa shape index (κ2) is 10.6. The molecule has 0 bridgehead atoms. The maximum atomic E-state index is 11.3. The van der Waals surface area contributed by atoms with Crippen molar-refractivity contribution in [2.75, 3.05) is 6.61 Å². The van der Waals surface area contributed by atoms with Crippen molar-refractivity contribution in [1.29, 1.82) is 0 Å². The molecule has 0 saturated heterocycles. The van der Waals surface area contributed by atoms with E-state index >= 15 is 0 Å². The third kappa shape index (κ3) is 6.45. The Morgan fingerprint density at radius 1 is 0.926 bits per heavy atom. The molecule has 0 saturated carbocycles. The average Bonchev–Trinajstić information content (AvgIpc) is 3.21. The van der Waals surface area contributed by atoms with E-state index in [4.69, 9.17) is 9.57 Å². The molecule has 6 nitrogen and oxygen atoms in total. The van der Waals surface area contributed by atoms with E-state index < -0.39 is 5.97 Å². The van der Waals surface area contributed by atoms with Gasteiger partial charge in [0.05, 0.1) is 11.7 Å². The number of benzene rings is 2. The normalized spacial score (nSPS) is 9.48. The molecule has 27 heavy (non-hydrogen) atoms. The Labute approximate surface area is 162 Å². The second-order valence-electron chi connectivity index (χ2n) is 5.18. The molecule has 0 unspecified atom stereocenters. The van der Waals surface area contributed by atoms with Gasteiger partial charge in [0.1, 0.15) is 12.1 Å². The minimum atomic E-state index is -0.484. The van der Waals surface area contributed by atoms with Gasteiger partial charge in [0.15, 0.2) is 6.61 Å². The van der Waals surface area contributed by atoms with Crippen molar-refractivity contribution in [3.8, 4) is 5.75 Å². The van der Waals surface area contributed by atoms with Crippen molar-refractivity contribution in [1.82, 2.24) is 14.7 Å². The third-order valence-electron chi connectivity index (χ3n) is 3.30. The fourth-order valence-corrected chi connectivity index (χ4v) is 2.12. The van der Waals surface area contributed by atoms with E-state index in [1.54, 1.807) is 12.1 Å². The lowest BCUT2D eigenvalue weighted by molar-refractivity contribution is -0.146. The zero-order valence-electron chi connectivity index (χ0n) is 14.3. The molecular weight excluding hydrogens is 366 g/mol. The van der Waals surface area contributed by atoms with E-state index in [1.165, 1.54) is 28.8 Å². The summed E-state index contributed by atoms with van der Waals surface area (Å²) < 4.78 is 6.43. The average molecular weight is 384 g/mol. The number of para-hydroxylation sites is 2.